The van der Waals surface area contributed by atoms with Crippen LogP contribution in [0.15, 0.2) is 97.6 Å². The maximum Gasteiger partial charge on any atom is 0.173 e. The molecule has 26 heavy (non-hydrogen) atoms. The highest BCUT2D eigenvalue weighted by Crippen LogP contribution is 2.18. The van der Waals surface area contributed by atoms with Gasteiger partial charge in [-0.25, -0.2) is 9.13 Å². The fourth-order valence-electron chi connectivity index (χ4n) is 3.04. The Bertz CT molecular complexity index is 877. The first-order valence-corrected chi connectivity index (χ1v) is 8.27. The first-order valence-electron chi connectivity index (χ1n) is 8.27. The maximum absolute atomic E-state index is 2.29. The molecule has 0 atom stereocenters. The molecule has 2 heterocycles. The van der Waals surface area contributed by atoms with Gasteiger partial charge >= 0.3 is 0 Å². The zero-order valence-corrected chi connectivity index (χ0v) is 17.5. The predicted octanol–water partition coefficient (Wildman–Crippen LogP) is -2.48. The van der Waals surface area contributed by atoms with E-state index in [-0.39, 0.29) is 34.0 Å². The average Bonchev–Trinajstić information content (AvgIpc) is 2.64. The fourth-order valence-corrected chi connectivity index (χ4v) is 3.04. The lowest BCUT2D eigenvalue weighted by molar-refractivity contribution is -0.688. The predicted molar refractivity (Wildman–Crippen MR) is 95.4 cm³/mol. The number of aromatic nitrogens is 2. The second-order valence-corrected chi connectivity index (χ2v) is 6.11. The Kier molecular flexibility index (Phi) is 7.49. The Morgan fingerprint density at radius 2 is 0.885 bits per heavy atom. The van der Waals surface area contributed by atoms with Crippen LogP contribution in [0.4, 0.5) is 0 Å². The normalized spacial score (nSPS) is 10.0. The Morgan fingerprint density at radius 3 is 1.27 bits per heavy atom. The summed E-state index contributed by atoms with van der Waals surface area (Å²) in [5.74, 6) is 0. The Hall–Kier alpha value is -2.04. The zero-order valence-electron chi connectivity index (χ0n) is 14.3. The largest absolute Gasteiger partial charge is 1.00 e. The van der Waals surface area contributed by atoms with Crippen molar-refractivity contribution in [3.8, 4) is 0 Å². The monoisotopic (exact) mass is 470 g/mol. The first kappa shape index (κ1) is 20.3. The fraction of sp³-hybridized carbons (Fsp3) is 0.0909. The van der Waals surface area contributed by atoms with Gasteiger partial charge in [-0.1, -0.05) is 36.4 Å². The molecule has 0 unspecified atom stereocenters. The van der Waals surface area contributed by atoms with E-state index in [0.29, 0.717) is 0 Å². The topological polar surface area (TPSA) is 7.76 Å². The highest BCUT2D eigenvalue weighted by Gasteiger charge is 2.05. The number of pyridine rings is 2. The van der Waals surface area contributed by atoms with Gasteiger partial charge < -0.3 is 34.0 Å². The van der Waals surface area contributed by atoms with E-state index in [0.717, 1.165) is 13.1 Å². The molecule has 0 aliphatic rings. The molecule has 0 aliphatic heterocycles. The summed E-state index contributed by atoms with van der Waals surface area (Å²) in [7, 11) is 0. The van der Waals surface area contributed by atoms with E-state index < -0.39 is 0 Å². The molecule has 0 radical (unpaired) electrons. The Morgan fingerprint density at radius 1 is 0.500 bits per heavy atom. The molecule has 0 fully saturated rings. The third kappa shape index (κ3) is 4.99. The molecule has 4 heteroatoms. The molecule has 0 N–H and O–H groups in total. The summed E-state index contributed by atoms with van der Waals surface area (Å²) in [6.07, 6.45) is 8.41. The molecule has 0 bridgehead atoms. The minimum absolute atomic E-state index is 0. The number of fused-ring (bicyclic) bond motifs is 1. The van der Waals surface area contributed by atoms with E-state index in [1.165, 1.54) is 21.9 Å². The van der Waals surface area contributed by atoms with Crippen molar-refractivity contribution in [1.29, 1.82) is 0 Å². The summed E-state index contributed by atoms with van der Waals surface area (Å²) in [5, 5.41) is 2.59. The van der Waals surface area contributed by atoms with Crippen LogP contribution in [0.25, 0.3) is 10.8 Å². The summed E-state index contributed by atoms with van der Waals surface area (Å²) >= 11 is 0. The van der Waals surface area contributed by atoms with Crippen LogP contribution in [-0.4, -0.2) is 0 Å². The van der Waals surface area contributed by atoms with Crippen LogP contribution < -0.4 is 43.1 Å². The van der Waals surface area contributed by atoms with Gasteiger partial charge in [0, 0.05) is 35.4 Å². The van der Waals surface area contributed by atoms with E-state index in [1.807, 2.05) is 12.1 Å². The molecule has 0 saturated heterocycles. The van der Waals surface area contributed by atoms with Crippen molar-refractivity contribution < 1.29 is 43.1 Å². The minimum Gasteiger partial charge on any atom is -1.00 e. The molecule has 0 saturated carbocycles. The van der Waals surface area contributed by atoms with Gasteiger partial charge in [0.25, 0.3) is 0 Å². The summed E-state index contributed by atoms with van der Waals surface area (Å²) in [6.45, 7) is 1.80. The second-order valence-electron chi connectivity index (χ2n) is 6.11. The van der Waals surface area contributed by atoms with Gasteiger partial charge in [-0.15, -0.1) is 0 Å². The molecule has 4 rings (SSSR count). The van der Waals surface area contributed by atoms with Crippen LogP contribution >= 0.6 is 0 Å². The van der Waals surface area contributed by atoms with Gasteiger partial charge in [0.15, 0.2) is 37.9 Å². The van der Waals surface area contributed by atoms with Crippen LogP contribution in [0.1, 0.15) is 11.1 Å². The average molecular weight is 472 g/mol. The number of rotatable bonds is 4. The van der Waals surface area contributed by atoms with Crippen LogP contribution in [0.3, 0.4) is 0 Å². The SMILES string of the molecule is [Br-].[Br-].c1cc[n+](Cc2ccc3cc(C[n+]4ccccc4)ccc3c2)cc1. The summed E-state index contributed by atoms with van der Waals surface area (Å²) in [5.41, 5.74) is 2.65. The zero-order chi connectivity index (χ0) is 16.2. The number of hydrogen-bond donors (Lipinski definition) is 0. The van der Waals surface area contributed by atoms with Crippen molar-refractivity contribution in [1.82, 2.24) is 0 Å². The number of halogens is 2. The van der Waals surface area contributed by atoms with Gasteiger partial charge in [-0.3, -0.25) is 0 Å². The summed E-state index contributed by atoms with van der Waals surface area (Å²) in [6, 6.07) is 25.8. The van der Waals surface area contributed by atoms with Gasteiger partial charge in [0.05, 0.1) is 0 Å². The molecule has 132 valence electrons. The third-order valence-corrected chi connectivity index (χ3v) is 4.25. The lowest BCUT2D eigenvalue weighted by atomic mass is 10.0. The van der Waals surface area contributed by atoms with E-state index in [4.69, 9.17) is 0 Å². The molecule has 4 aromatic rings. The molecule has 0 spiro atoms. The van der Waals surface area contributed by atoms with Crippen molar-refractivity contribution in [2.45, 2.75) is 13.1 Å². The van der Waals surface area contributed by atoms with E-state index in [2.05, 4.69) is 94.6 Å². The molecule has 2 aromatic heterocycles. The van der Waals surface area contributed by atoms with Crippen LogP contribution in [0, 0.1) is 0 Å². The molecule has 2 nitrogen and oxygen atoms in total. The third-order valence-electron chi connectivity index (χ3n) is 4.25. The lowest BCUT2D eigenvalue weighted by Crippen LogP contribution is -3.00. The smallest absolute Gasteiger partial charge is 0.173 e. The Labute approximate surface area is 175 Å². The molecular formula is C22H20Br2N2. The molecule has 0 amide bonds. The lowest BCUT2D eigenvalue weighted by Gasteiger charge is -2.04. The van der Waals surface area contributed by atoms with E-state index >= 15 is 0 Å². The van der Waals surface area contributed by atoms with Crippen molar-refractivity contribution >= 4 is 10.8 Å². The van der Waals surface area contributed by atoms with Gasteiger partial charge in [0.1, 0.15) is 0 Å². The van der Waals surface area contributed by atoms with Crippen molar-refractivity contribution in [3.63, 3.8) is 0 Å². The van der Waals surface area contributed by atoms with Crippen LogP contribution in [0.2, 0.25) is 0 Å². The van der Waals surface area contributed by atoms with Crippen molar-refractivity contribution in [2.75, 3.05) is 0 Å². The Balaban J connectivity index is 0.00000121. The summed E-state index contributed by atoms with van der Waals surface area (Å²) in [4.78, 5) is 0. The quantitative estimate of drug-likeness (QED) is 0.291. The number of hydrogen-bond acceptors (Lipinski definition) is 0. The number of benzene rings is 2. The molecular weight excluding hydrogens is 452 g/mol. The van der Waals surface area contributed by atoms with Crippen molar-refractivity contribution in [2.24, 2.45) is 0 Å². The van der Waals surface area contributed by atoms with Gasteiger partial charge in [-0.05, 0) is 22.9 Å². The maximum atomic E-state index is 2.29. The van der Waals surface area contributed by atoms with Gasteiger partial charge in [-0.2, -0.15) is 0 Å². The highest BCUT2D eigenvalue weighted by atomic mass is 79.9. The van der Waals surface area contributed by atoms with Crippen LogP contribution in [-0.2, 0) is 13.1 Å². The molecule has 0 aliphatic carbocycles. The first-order chi connectivity index (χ1) is 11.9. The van der Waals surface area contributed by atoms with E-state index in [9.17, 15) is 0 Å². The number of nitrogens with zero attached hydrogens (tertiary/aromatic N) is 2. The van der Waals surface area contributed by atoms with Gasteiger partial charge in [0.2, 0.25) is 0 Å². The van der Waals surface area contributed by atoms with E-state index in [1.54, 1.807) is 0 Å². The molecule has 2 aromatic carbocycles. The highest BCUT2D eigenvalue weighted by molar-refractivity contribution is 5.83. The van der Waals surface area contributed by atoms with Crippen LogP contribution in [0.5, 0.6) is 0 Å². The minimum atomic E-state index is 0. The summed E-state index contributed by atoms with van der Waals surface area (Å²) < 4.78 is 4.39. The second kappa shape index (κ2) is 9.60. The van der Waals surface area contributed by atoms with Crippen molar-refractivity contribution in [3.05, 3.63) is 109 Å². The standard InChI is InChI=1S/C22H20N2.2BrH/c1-3-11-23(12-4-1)17-19-7-9-22-16-20(8-10-21(22)15-19)18-24-13-5-2-6-14-24;;/h1-16H,17-18H2;2*1H/q+2;;/p-2.